The van der Waals surface area contributed by atoms with Crippen molar-refractivity contribution in [3.8, 4) is 6.07 Å². The number of aliphatic hydroxyl groups excluding tert-OH is 2. The van der Waals surface area contributed by atoms with E-state index in [1.54, 1.807) is 0 Å². The van der Waals surface area contributed by atoms with Crippen molar-refractivity contribution in [3.63, 3.8) is 0 Å². The number of nitrogens with zero attached hydrogens (tertiary/aromatic N) is 1. The molecule has 52 valence electrons. The fourth-order valence-corrected chi connectivity index (χ4v) is 0.534. The number of nitriles is 1. The lowest BCUT2D eigenvalue weighted by Crippen LogP contribution is -2.03. The van der Waals surface area contributed by atoms with Gasteiger partial charge in [0.05, 0.1) is 18.6 Å². The minimum Gasteiger partial charge on any atom is -0.396 e. The van der Waals surface area contributed by atoms with Gasteiger partial charge in [-0.1, -0.05) is 0 Å². The first-order valence-electron chi connectivity index (χ1n) is 2.96. The lowest BCUT2D eigenvalue weighted by atomic mass is 10.1. The summed E-state index contributed by atoms with van der Waals surface area (Å²) in [7, 11) is 0. The van der Waals surface area contributed by atoms with Gasteiger partial charge in [-0.2, -0.15) is 5.26 Å². The Labute approximate surface area is 54.5 Å². The molecule has 0 radical (unpaired) electrons. The van der Waals surface area contributed by atoms with E-state index in [0.717, 1.165) is 0 Å². The van der Waals surface area contributed by atoms with Crippen molar-refractivity contribution < 1.29 is 10.2 Å². The highest BCUT2D eigenvalue weighted by Gasteiger charge is 2.02. The predicted octanol–water partition coefficient (Wildman–Crippen LogP) is -0.109. The van der Waals surface area contributed by atoms with Gasteiger partial charge in [0.15, 0.2) is 0 Å². The molecule has 0 saturated heterocycles. The van der Waals surface area contributed by atoms with Crippen molar-refractivity contribution in [2.45, 2.75) is 12.8 Å². The SMILES string of the molecule is N#CC(CO)CCCO. The number of hydrogen-bond donors (Lipinski definition) is 2. The molecule has 0 aliphatic heterocycles. The summed E-state index contributed by atoms with van der Waals surface area (Å²) in [6.45, 7) is -0.00528. The molecule has 1 unspecified atom stereocenters. The molecule has 0 aromatic heterocycles. The van der Waals surface area contributed by atoms with Crippen LogP contribution in [0, 0.1) is 17.2 Å². The summed E-state index contributed by atoms with van der Waals surface area (Å²) in [5, 5.41) is 25.0. The molecule has 9 heavy (non-hydrogen) atoms. The molecule has 1 atom stereocenters. The van der Waals surface area contributed by atoms with E-state index in [1.165, 1.54) is 0 Å². The zero-order valence-corrected chi connectivity index (χ0v) is 5.25. The zero-order chi connectivity index (χ0) is 7.11. The van der Waals surface area contributed by atoms with Crippen LogP contribution in [0.5, 0.6) is 0 Å². The maximum absolute atomic E-state index is 8.45. The third kappa shape index (κ3) is 3.95. The summed E-state index contributed by atoms with van der Waals surface area (Å²) in [6.07, 6.45) is 1.18. The van der Waals surface area contributed by atoms with Crippen LogP contribution in [0.2, 0.25) is 0 Å². The smallest absolute Gasteiger partial charge is 0.0695 e. The summed E-state index contributed by atoms with van der Waals surface area (Å²) < 4.78 is 0. The van der Waals surface area contributed by atoms with Crippen molar-refractivity contribution in [2.24, 2.45) is 5.92 Å². The topological polar surface area (TPSA) is 64.2 Å². The second-order valence-electron chi connectivity index (χ2n) is 1.87. The van der Waals surface area contributed by atoms with Crippen LogP contribution in [0.3, 0.4) is 0 Å². The van der Waals surface area contributed by atoms with Gasteiger partial charge in [-0.25, -0.2) is 0 Å². The van der Waals surface area contributed by atoms with Gasteiger partial charge >= 0.3 is 0 Å². The molecule has 0 aromatic rings. The van der Waals surface area contributed by atoms with Crippen LogP contribution in [-0.2, 0) is 0 Å². The third-order valence-electron chi connectivity index (χ3n) is 1.11. The molecular formula is C6H11NO2. The van der Waals surface area contributed by atoms with E-state index in [4.69, 9.17) is 15.5 Å². The highest BCUT2D eigenvalue weighted by Crippen LogP contribution is 2.02. The number of rotatable bonds is 4. The molecule has 3 heteroatoms. The van der Waals surface area contributed by atoms with Crippen LogP contribution in [-0.4, -0.2) is 23.4 Å². The Bertz CT molecular complexity index is 97.7. The summed E-state index contributed by atoms with van der Waals surface area (Å²) in [4.78, 5) is 0. The van der Waals surface area contributed by atoms with Crippen LogP contribution < -0.4 is 0 Å². The van der Waals surface area contributed by atoms with Gasteiger partial charge in [-0.15, -0.1) is 0 Å². The lowest BCUT2D eigenvalue weighted by Gasteiger charge is -2.00. The van der Waals surface area contributed by atoms with Crippen LogP contribution in [0.25, 0.3) is 0 Å². The quantitative estimate of drug-likeness (QED) is 0.556. The van der Waals surface area contributed by atoms with Gasteiger partial charge in [0, 0.05) is 6.61 Å². The van der Waals surface area contributed by atoms with Gasteiger partial charge in [-0.05, 0) is 12.8 Å². The molecule has 2 N–H and O–H groups in total. The maximum atomic E-state index is 8.45. The molecule has 0 fully saturated rings. The van der Waals surface area contributed by atoms with Crippen LogP contribution >= 0.6 is 0 Å². The maximum Gasteiger partial charge on any atom is 0.0695 e. The van der Waals surface area contributed by atoms with Crippen molar-refractivity contribution >= 4 is 0 Å². The minimum absolute atomic E-state index is 0.0954. The normalized spacial score (nSPS) is 12.6. The second kappa shape index (κ2) is 5.54. The van der Waals surface area contributed by atoms with E-state index >= 15 is 0 Å². The summed E-state index contributed by atoms with van der Waals surface area (Å²) in [5.41, 5.74) is 0. The molecule has 3 nitrogen and oxygen atoms in total. The van der Waals surface area contributed by atoms with Crippen molar-refractivity contribution in [1.82, 2.24) is 0 Å². The van der Waals surface area contributed by atoms with Crippen molar-refractivity contribution in [1.29, 1.82) is 5.26 Å². The summed E-state index contributed by atoms with van der Waals surface area (Å²) >= 11 is 0. The highest BCUT2D eigenvalue weighted by atomic mass is 16.3. The Morgan fingerprint density at radius 1 is 1.44 bits per heavy atom. The standard InChI is InChI=1S/C6H11NO2/c7-4-6(5-9)2-1-3-8/h6,8-9H,1-3,5H2. The summed E-state index contributed by atoms with van der Waals surface area (Å²) in [5.74, 6) is -0.294. The first kappa shape index (κ1) is 8.41. The molecule has 0 bridgehead atoms. The Morgan fingerprint density at radius 3 is 2.44 bits per heavy atom. The minimum atomic E-state index is -0.294. The molecule has 0 amide bonds. The Balaban J connectivity index is 3.23. The second-order valence-corrected chi connectivity index (χ2v) is 1.87. The predicted molar refractivity (Wildman–Crippen MR) is 32.5 cm³/mol. The Hall–Kier alpha value is -0.590. The fourth-order valence-electron chi connectivity index (χ4n) is 0.534. The van der Waals surface area contributed by atoms with E-state index in [0.29, 0.717) is 12.8 Å². The molecule has 0 aliphatic rings. The Kier molecular flexibility index (Phi) is 5.18. The summed E-state index contributed by atoms with van der Waals surface area (Å²) in [6, 6.07) is 1.93. The van der Waals surface area contributed by atoms with Crippen LogP contribution in [0.4, 0.5) is 0 Å². The average molecular weight is 129 g/mol. The molecule has 0 spiro atoms. The molecule has 0 rings (SSSR count). The van der Waals surface area contributed by atoms with Gasteiger partial charge in [-0.3, -0.25) is 0 Å². The molecule has 0 aliphatic carbocycles. The zero-order valence-electron chi connectivity index (χ0n) is 5.25. The van der Waals surface area contributed by atoms with Crippen molar-refractivity contribution in [3.05, 3.63) is 0 Å². The molecule has 0 saturated carbocycles. The van der Waals surface area contributed by atoms with Gasteiger partial charge < -0.3 is 10.2 Å². The van der Waals surface area contributed by atoms with E-state index in [-0.39, 0.29) is 19.1 Å². The fraction of sp³-hybridized carbons (Fsp3) is 0.833. The van der Waals surface area contributed by atoms with Crippen LogP contribution in [0.15, 0.2) is 0 Å². The number of hydrogen-bond acceptors (Lipinski definition) is 3. The van der Waals surface area contributed by atoms with E-state index in [2.05, 4.69) is 0 Å². The van der Waals surface area contributed by atoms with E-state index in [9.17, 15) is 0 Å². The van der Waals surface area contributed by atoms with Gasteiger partial charge in [0.25, 0.3) is 0 Å². The molecule has 0 aromatic carbocycles. The lowest BCUT2D eigenvalue weighted by molar-refractivity contribution is 0.229. The first-order chi connectivity index (χ1) is 4.35. The van der Waals surface area contributed by atoms with E-state index in [1.807, 2.05) is 6.07 Å². The van der Waals surface area contributed by atoms with Gasteiger partial charge in [0.2, 0.25) is 0 Å². The van der Waals surface area contributed by atoms with Crippen molar-refractivity contribution in [2.75, 3.05) is 13.2 Å². The number of aliphatic hydroxyl groups is 2. The average Bonchev–Trinajstić information content (AvgIpc) is 1.91. The molecule has 0 heterocycles. The highest BCUT2D eigenvalue weighted by molar-refractivity contribution is 4.81. The first-order valence-corrected chi connectivity index (χ1v) is 2.96. The van der Waals surface area contributed by atoms with Gasteiger partial charge in [0.1, 0.15) is 0 Å². The third-order valence-corrected chi connectivity index (χ3v) is 1.11. The molecular weight excluding hydrogens is 118 g/mol. The van der Waals surface area contributed by atoms with E-state index < -0.39 is 0 Å². The monoisotopic (exact) mass is 129 g/mol. The van der Waals surface area contributed by atoms with Crippen LogP contribution in [0.1, 0.15) is 12.8 Å². The largest absolute Gasteiger partial charge is 0.396 e. The Morgan fingerprint density at radius 2 is 2.11 bits per heavy atom.